The number of nitrogens with zero attached hydrogens (tertiary/aromatic N) is 1. The highest BCUT2D eigenvalue weighted by molar-refractivity contribution is 5.98. The number of aliphatic hydroxyl groups is 1. The van der Waals surface area contributed by atoms with Crippen LogP contribution in [0.4, 0.5) is 0 Å². The second-order valence-corrected chi connectivity index (χ2v) is 4.71. The van der Waals surface area contributed by atoms with Gasteiger partial charge in [0.1, 0.15) is 6.04 Å². The Bertz CT molecular complexity index is 500. The van der Waals surface area contributed by atoms with Gasteiger partial charge >= 0.3 is 5.97 Å². The molecule has 2 unspecified atom stereocenters. The van der Waals surface area contributed by atoms with E-state index in [0.29, 0.717) is 12.0 Å². The van der Waals surface area contributed by atoms with E-state index in [9.17, 15) is 14.7 Å². The predicted molar refractivity (Wildman–Crippen MR) is 68.9 cm³/mol. The first kappa shape index (κ1) is 13.5. The quantitative estimate of drug-likeness (QED) is 0.849. The Kier molecular flexibility index (Phi) is 3.85. The van der Waals surface area contributed by atoms with Crippen molar-refractivity contribution in [3.63, 3.8) is 0 Å². The standard InChI is InChI=1S/C14H17NO4/c1-2-9-5-3-4-6-11(9)13(17)15-8-10(16)7-12(15)14(18)19/h3-6,10,12,16H,2,7-8H2,1H3,(H,18,19). The van der Waals surface area contributed by atoms with Crippen LogP contribution < -0.4 is 0 Å². The third-order valence-electron chi connectivity index (χ3n) is 3.45. The molecular formula is C14H17NO4. The summed E-state index contributed by atoms with van der Waals surface area (Å²) in [4.78, 5) is 24.8. The monoisotopic (exact) mass is 263 g/mol. The highest BCUT2D eigenvalue weighted by Crippen LogP contribution is 2.22. The van der Waals surface area contributed by atoms with Crippen LogP contribution in [0.5, 0.6) is 0 Å². The third kappa shape index (κ3) is 2.61. The van der Waals surface area contributed by atoms with Crippen LogP contribution in [0.1, 0.15) is 29.3 Å². The van der Waals surface area contributed by atoms with Gasteiger partial charge in [-0.3, -0.25) is 4.79 Å². The number of aliphatic carboxylic acids is 1. The summed E-state index contributed by atoms with van der Waals surface area (Å²) in [5, 5.41) is 18.7. The summed E-state index contributed by atoms with van der Waals surface area (Å²) >= 11 is 0. The molecule has 19 heavy (non-hydrogen) atoms. The van der Waals surface area contributed by atoms with E-state index >= 15 is 0 Å². The molecule has 2 N–H and O–H groups in total. The number of carbonyl (C=O) groups excluding carboxylic acids is 1. The first-order valence-electron chi connectivity index (χ1n) is 6.34. The largest absolute Gasteiger partial charge is 0.480 e. The summed E-state index contributed by atoms with van der Waals surface area (Å²) in [5.41, 5.74) is 1.41. The summed E-state index contributed by atoms with van der Waals surface area (Å²) in [7, 11) is 0. The van der Waals surface area contributed by atoms with E-state index in [0.717, 1.165) is 5.56 Å². The molecule has 1 aliphatic rings. The van der Waals surface area contributed by atoms with Crippen molar-refractivity contribution in [3.05, 3.63) is 35.4 Å². The number of rotatable bonds is 3. The van der Waals surface area contributed by atoms with Gasteiger partial charge in [-0.15, -0.1) is 0 Å². The van der Waals surface area contributed by atoms with Crippen molar-refractivity contribution in [1.29, 1.82) is 0 Å². The number of β-amino-alcohol motifs (C(OH)–C–C–N with tert-alkyl or cyclic N) is 1. The van der Waals surface area contributed by atoms with Gasteiger partial charge in [-0.25, -0.2) is 4.79 Å². The average Bonchev–Trinajstić information content (AvgIpc) is 2.80. The first-order chi connectivity index (χ1) is 9.04. The SMILES string of the molecule is CCc1ccccc1C(=O)N1CC(O)CC1C(=O)O. The molecular weight excluding hydrogens is 246 g/mol. The van der Waals surface area contributed by atoms with Crippen LogP contribution in [0.3, 0.4) is 0 Å². The van der Waals surface area contributed by atoms with Gasteiger partial charge in [0, 0.05) is 18.5 Å². The van der Waals surface area contributed by atoms with Crippen molar-refractivity contribution in [3.8, 4) is 0 Å². The smallest absolute Gasteiger partial charge is 0.326 e. The van der Waals surface area contributed by atoms with Crippen LogP contribution >= 0.6 is 0 Å². The predicted octanol–water partition coefficient (Wildman–Crippen LogP) is 0.909. The Morgan fingerprint density at radius 2 is 2.05 bits per heavy atom. The minimum atomic E-state index is -1.07. The summed E-state index contributed by atoms with van der Waals surface area (Å²) in [6.45, 7) is 2.02. The van der Waals surface area contributed by atoms with Gasteiger partial charge in [0.2, 0.25) is 0 Å². The molecule has 2 atom stereocenters. The fraction of sp³-hybridized carbons (Fsp3) is 0.429. The van der Waals surface area contributed by atoms with Crippen LogP contribution in [-0.4, -0.2) is 45.7 Å². The minimum absolute atomic E-state index is 0.0772. The zero-order valence-electron chi connectivity index (χ0n) is 10.7. The maximum Gasteiger partial charge on any atom is 0.326 e. The van der Waals surface area contributed by atoms with E-state index in [-0.39, 0.29) is 18.9 Å². The van der Waals surface area contributed by atoms with E-state index in [4.69, 9.17) is 5.11 Å². The van der Waals surface area contributed by atoms with E-state index in [1.54, 1.807) is 12.1 Å². The van der Waals surface area contributed by atoms with Crippen molar-refractivity contribution >= 4 is 11.9 Å². The van der Waals surface area contributed by atoms with E-state index in [2.05, 4.69) is 0 Å². The second-order valence-electron chi connectivity index (χ2n) is 4.71. The zero-order chi connectivity index (χ0) is 14.0. The molecule has 0 saturated carbocycles. The van der Waals surface area contributed by atoms with Gasteiger partial charge < -0.3 is 15.1 Å². The third-order valence-corrected chi connectivity index (χ3v) is 3.45. The summed E-state index contributed by atoms with van der Waals surface area (Å²) in [6, 6.07) is 6.23. The van der Waals surface area contributed by atoms with Crippen molar-refractivity contribution < 1.29 is 19.8 Å². The maximum atomic E-state index is 12.4. The molecule has 0 aromatic heterocycles. The Labute approximate surface area is 111 Å². The van der Waals surface area contributed by atoms with Gasteiger partial charge in [-0.1, -0.05) is 25.1 Å². The van der Waals surface area contributed by atoms with E-state index in [1.165, 1.54) is 4.90 Å². The van der Waals surface area contributed by atoms with E-state index in [1.807, 2.05) is 19.1 Å². The molecule has 0 bridgehead atoms. The first-order valence-corrected chi connectivity index (χ1v) is 6.34. The number of aliphatic hydroxyl groups excluding tert-OH is 1. The molecule has 2 rings (SSSR count). The van der Waals surface area contributed by atoms with Crippen LogP contribution in [0.15, 0.2) is 24.3 Å². The topological polar surface area (TPSA) is 77.8 Å². The Hall–Kier alpha value is -1.88. The highest BCUT2D eigenvalue weighted by Gasteiger charge is 2.39. The van der Waals surface area contributed by atoms with Gasteiger partial charge in [-0.05, 0) is 18.1 Å². The van der Waals surface area contributed by atoms with Crippen LogP contribution in [-0.2, 0) is 11.2 Å². The molecule has 1 aliphatic heterocycles. The number of likely N-dealkylation sites (tertiary alicyclic amines) is 1. The Morgan fingerprint density at radius 1 is 1.37 bits per heavy atom. The number of benzene rings is 1. The van der Waals surface area contributed by atoms with Crippen molar-refractivity contribution in [2.45, 2.75) is 31.9 Å². The number of aryl methyl sites for hydroxylation is 1. The molecule has 1 saturated heterocycles. The zero-order valence-corrected chi connectivity index (χ0v) is 10.7. The summed E-state index contributed by atoms with van der Waals surface area (Å²) in [5.74, 6) is -1.39. The lowest BCUT2D eigenvalue weighted by Crippen LogP contribution is -2.40. The summed E-state index contributed by atoms with van der Waals surface area (Å²) < 4.78 is 0. The van der Waals surface area contributed by atoms with Gasteiger partial charge in [0.05, 0.1) is 6.10 Å². The summed E-state index contributed by atoms with van der Waals surface area (Å²) in [6.07, 6.45) is 0.0321. The van der Waals surface area contributed by atoms with Crippen molar-refractivity contribution in [2.75, 3.05) is 6.54 Å². The van der Waals surface area contributed by atoms with E-state index < -0.39 is 18.1 Å². The fourth-order valence-electron chi connectivity index (χ4n) is 2.46. The molecule has 1 aromatic rings. The van der Waals surface area contributed by atoms with Crippen LogP contribution in [0.2, 0.25) is 0 Å². The lowest BCUT2D eigenvalue weighted by atomic mass is 10.0. The number of carboxylic acid groups (broad SMARTS) is 1. The fourth-order valence-corrected chi connectivity index (χ4v) is 2.46. The van der Waals surface area contributed by atoms with Gasteiger partial charge in [0.25, 0.3) is 5.91 Å². The normalized spacial score (nSPS) is 22.5. The lowest BCUT2D eigenvalue weighted by molar-refractivity contribution is -0.141. The molecule has 5 heteroatoms. The number of carboxylic acids is 1. The van der Waals surface area contributed by atoms with Crippen molar-refractivity contribution in [2.24, 2.45) is 0 Å². The highest BCUT2D eigenvalue weighted by atomic mass is 16.4. The van der Waals surface area contributed by atoms with Gasteiger partial charge in [-0.2, -0.15) is 0 Å². The molecule has 1 heterocycles. The molecule has 0 aliphatic carbocycles. The molecule has 0 spiro atoms. The number of carbonyl (C=O) groups is 2. The number of hydrogen-bond acceptors (Lipinski definition) is 3. The molecule has 5 nitrogen and oxygen atoms in total. The van der Waals surface area contributed by atoms with Crippen LogP contribution in [0, 0.1) is 0 Å². The molecule has 102 valence electrons. The van der Waals surface area contributed by atoms with Gasteiger partial charge in [0.15, 0.2) is 0 Å². The number of hydrogen-bond donors (Lipinski definition) is 2. The molecule has 1 fully saturated rings. The lowest BCUT2D eigenvalue weighted by Gasteiger charge is -2.22. The molecule has 0 radical (unpaired) electrons. The molecule has 1 amide bonds. The Balaban J connectivity index is 2.30. The number of amides is 1. The van der Waals surface area contributed by atoms with Crippen molar-refractivity contribution in [1.82, 2.24) is 4.90 Å². The van der Waals surface area contributed by atoms with Crippen LogP contribution in [0.25, 0.3) is 0 Å². The molecule has 1 aromatic carbocycles. The maximum absolute atomic E-state index is 12.4. The minimum Gasteiger partial charge on any atom is -0.480 e. The Morgan fingerprint density at radius 3 is 2.68 bits per heavy atom. The second kappa shape index (κ2) is 5.40. The average molecular weight is 263 g/mol.